The Morgan fingerprint density at radius 2 is 2.27 bits per heavy atom. The van der Waals surface area contributed by atoms with Gasteiger partial charge in [-0.25, -0.2) is 4.98 Å². The van der Waals surface area contributed by atoms with Gasteiger partial charge in [-0.1, -0.05) is 24.8 Å². The zero-order valence-electron chi connectivity index (χ0n) is 12.9. The van der Waals surface area contributed by atoms with Crippen molar-refractivity contribution in [1.82, 2.24) is 9.38 Å². The number of ketones is 1. The molecule has 0 aliphatic rings. The van der Waals surface area contributed by atoms with E-state index in [2.05, 4.69) is 11.6 Å². The van der Waals surface area contributed by atoms with E-state index in [1.54, 1.807) is 25.3 Å². The average molecular weight is 314 g/mol. The van der Waals surface area contributed by atoms with E-state index in [4.69, 9.17) is 4.74 Å². The van der Waals surface area contributed by atoms with E-state index in [1.807, 2.05) is 42.0 Å². The Morgan fingerprint density at radius 1 is 1.50 bits per heavy atom. The fraction of sp³-hybridized carbons (Fsp3) is 0.176. The van der Waals surface area contributed by atoms with Gasteiger partial charge in [-0.05, 0) is 26.0 Å². The second kappa shape index (κ2) is 7.04. The van der Waals surface area contributed by atoms with Crippen LogP contribution in [0.5, 0.6) is 0 Å². The van der Waals surface area contributed by atoms with Crippen molar-refractivity contribution >= 4 is 27.7 Å². The van der Waals surface area contributed by atoms with Crippen LogP contribution in [0.15, 0.2) is 54.3 Å². The van der Waals surface area contributed by atoms with Crippen LogP contribution in [0.1, 0.15) is 30.0 Å². The smallest absolute Gasteiger partial charge is 0.204 e. The fourth-order valence-corrected chi connectivity index (χ4v) is 2.77. The number of carbonyl (C=O) groups excluding carboxylic acids is 1. The Labute approximate surface area is 133 Å². The second-order valence-electron chi connectivity index (χ2n) is 4.55. The minimum absolute atomic E-state index is 0.0816. The summed E-state index contributed by atoms with van der Waals surface area (Å²) in [4.78, 5) is 17.8. The zero-order chi connectivity index (χ0) is 16.1. The molecule has 0 saturated heterocycles. The molecule has 2 heterocycles. The summed E-state index contributed by atoms with van der Waals surface area (Å²) in [7, 11) is 1.61. The molecule has 0 saturated carbocycles. The lowest BCUT2D eigenvalue weighted by Gasteiger charge is -2.04. The number of imidazole rings is 1. The maximum atomic E-state index is 12.5. The molecule has 0 fully saturated rings. The molecule has 0 atom stereocenters. The van der Waals surface area contributed by atoms with Crippen LogP contribution in [-0.2, 0) is 4.74 Å². The second-order valence-corrected chi connectivity index (χ2v) is 5.42. The zero-order valence-corrected chi connectivity index (χ0v) is 13.7. The third-order valence-corrected chi connectivity index (χ3v) is 3.82. The molecule has 2 aromatic rings. The molecular weight excluding hydrogens is 296 g/mol. The lowest BCUT2D eigenvalue weighted by Crippen LogP contribution is -2.03. The van der Waals surface area contributed by atoms with Crippen LogP contribution in [0.2, 0.25) is 0 Å². The van der Waals surface area contributed by atoms with Gasteiger partial charge in [0, 0.05) is 17.2 Å². The molecule has 0 bridgehead atoms. The number of fused-ring (bicyclic) bond motifs is 1. The summed E-state index contributed by atoms with van der Waals surface area (Å²) in [5.74, 6) is 0.649. The number of hydrogen-bond donors (Lipinski definition) is 0. The van der Waals surface area contributed by atoms with Gasteiger partial charge < -0.3 is 4.74 Å². The Hall–Kier alpha value is -2.40. The minimum atomic E-state index is -0.0816. The Bertz CT molecular complexity index is 791. The monoisotopic (exact) mass is 314 g/mol. The van der Waals surface area contributed by atoms with E-state index in [0.29, 0.717) is 11.4 Å². The lowest BCUT2D eigenvalue weighted by atomic mass is 10.1. The number of rotatable bonds is 6. The topological polar surface area (TPSA) is 43.6 Å². The number of ether oxygens (including phenoxy) is 1. The highest BCUT2D eigenvalue weighted by molar-refractivity contribution is 7.15. The largest absolute Gasteiger partial charge is 0.501 e. The van der Waals surface area contributed by atoms with Gasteiger partial charge in [-0.15, -0.1) is 11.3 Å². The van der Waals surface area contributed by atoms with Crippen molar-refractivity contribution in [3.05, 3.63) is 65.7 Å². The Balaban J connectivity index is 2.69. The third-order valence-electron chi connectivity index (χ3n) is 3.07. The number of methoxy groups -OCH3 is 1. The molecule has 5 heteroatoms. The summed E-state index contributed by atoms with van der Waals surface area (Å²) >= 11 is 1.49. The van der Waals surface area contributed by atoms with Gasteiger partial charge in [0.15, 0.2) is 4.96 Å². The number of thiazole rings is 1. The third kappa shape index (κ3) is 3.09. The molecular formula is C17H18N2O2S. The van der Waals surface area contributed by atoms with Crippen molar-refractivity contribution in [3.63, 3.8) is 0 Å². The number of hydrogen-bond acceptors (Lipinski definition) is 4. The van der Waals surface area contributed by atoms with E-state index in [0.717, 1.165) is 16.3 Å². The van der Waals surface area contributed by atoms with E-state index in [9.17, 15) is 4.79 Å². The quantitative estimate of drug-likeness (QED) is 0.346. The first-order valence-electron chi connectivity index (χ1n) is 6.80. The molecule has 2 aromatic heterocycles. The lowest BCUT2D eigenvalue weighted by molar-refractivity contribution is 0.104. The van der Waals surface area contributed by atoms with E-state index < -0.39 is 0 Å². The van der Waals surface area contributed by atoms with Crippen LogP contribution in [0, 0.1) is 0 Å². The highest BCUT2D eigenvalue weighted by Crippen LogP contribution is 2.26. The molecule has 0 N–H and O–H groups in total. The molecule has 2 rings (SSSR count). The molecule has 0 aliphatic carbocycles. The highest BCUT2D eigenvalue weighted by atomic mass is 32.1. The molecule has 0 aliphatic heterocycles. The standard InChI is InChI=1S/C17H18N2O2S/c1-5-7-13(11-12(3)21-4)15-16(14(20)8-6-2)19-9-10-22-17(19)18-15/h5-11H,1H2,2-4H3/b8-6+,12-11+,13-7+. The summed E-state index contributed by atoms with van der Waals surface area (Å²) in [6.45, 7) is 7.40. The van der Waals surface area contributed by atoms with Gasteiger partial charge in [0.05, 0.1) is 12.9 Å². The summed E-state index contributed by atoms with van der Waals surface area (Å²) in [6, 6.07) is 0. The summed E-state index contributed by atoms with van der Waals surface area (Å²) in [5.41, 5.74) is 1.96. The van der Waals surface area contributed by atoms with Gasteiger partial charge in [0.1, 0.15) is 11.4 Å². The molecule has 0 amide bonds. The maximum absolute atomic E-state index is 12.5. The fourth-order valence-electron chi connectivity index (χ4n) is 2.05. The number of carbonyl (C=O) groups is 1. The molecule has 22 heavy (non-hydrogen) atoms. The van der Waals surface area contributed by atoms with Crippen LogP contribution in [0.25, 0.3) is 10.5 Å². The molecule has 0 unspecified atom stereocenters. The van der Waals surface area contributed by atoms with Crippen LogP contribution in [0.3, 0.4) is 0 Å². The number of nitrogens with zero attached hydrogens (tertiary/aromatic N) is 2. The van der Waals surface area contributed by atoms with Crippen LogP contribution in [-0.4, -0.2) is 22.3 Å². The van der Waals surface area contributed by atoms with Gasteiger partial charge in [-0.3, -0.25) is 9.20 Å². The van der Waals surface area contributed by atoms with Gasteiger partial charge >= 0.3 is 0 Å². The van der Waals surface area contributed by atoms with Crippen molar-refractivity contribution < 1.29 is 9.53 Å². The van der Waals surface area contributed by atoms with Crippen molar-refractivity contribution in [3.8, 4) is 0 Å². The van der Waals surface area contributed by atoms with Gasteiger partial charge in [-0.2, -0.15) is 0 Å². The highest BCUT2D eigenvalue weighted by Gasteiger charge is 2.20. The SMILES string of the molecule is C=C/C=C(\C=C(/C)OC)c1nc2sccn2c1C(=O)/C=C/C. The molecule has 114 valence electrons. The molecule has 0 spiro atoms. The number of allylic oxidation sites excluding steroid dienone is 7. The van der Waals surface area contributed by atoms with Gasteiger partial charge in [0.25, 0.3) is 0 Å². The van der Waals surface area contributed by atoms with Crippen molar-refractivity contribution in [2.45, 2.75) is 13.8 Å². The maximum Gasteiger partial charge on any atom is 0.204 e. The van der Waals surface area contributed by atoms with E-state index >= 15 is 0 Å². The normalized spacial score (nSPS) is 13.0. The molecule has 0 radical (unpaired) electrons. The van der Waals surface area contributed by atoms with E-state index in [1.165, 1.54) is 11.3 Å². The summed E-state index contributed by atoms with van der Waals surface area (Å²) in [6.07, 6.45) is 10.5. The first-order chi connectivity index (χ1) is 10.6. The Morgan fingerprint density at radius 3 is 2.91 bits per heavy atom. The predicted molar refractivity (Wildman–Crippen MR) is 91.2 cm³/mol. The average Bonchev–Trinajstić information content (AvgIpc) is 3.06. The first-order valence-corrected chi connectivity index (χ1v) is 7.68. The van der Waals surface area contributed by atoms with Crippen molar-refractivity contribution in [2.24, 2.45) is 0 Å². The van der Waals surface area contributed by atoms with E-state index in [-0.39, 0.29) is 5.78 Å². The summed E-state index contributed by atoms with van der Waals surface area (Å²) < 4.78 is 7.02. The first kappa shape index (κ1) is 16.0. The predicted octanol–water partition coefficient (Wildman–Crippen LogP) is 4.27. The van der Waals surface area contributed by atoms with Crippen molar-refractivity contribution in [1.29, 1.82) is 0 Å². The molecule has 4 nitrogen and oxygen atoms in total. The van der Waals surface area contributed by atoms with Crippen LogP contribution >= 0.6 is 11.3 Å². The van der Waals surface area contributed by atoms with Crippen LogP contribution in [0.4, 0.5) is 0 Å². The Kier molecular flexibility index (Phi) is 5.12. The minimum Gasteiger partial charge on any atom is -0.501 e. The van der Waals surface area contributed by atoms with Gasteiger partial charge in [0.2, 0.25) is 5.78 Å². The molecule has 0 aromatic carbocycles. The van der Waals surface area contributed by atoms with Crippen molar-refractivity contribution in [2.75, 3.05) is 7.11 Å². The van der Waals surface area contributed by atoms with Crippen LogP contribution < -0.4 is 0 Å². The number of aromatic nitrogens is 2. The summed E-state index contributed by atoms with van der Waals surface area (Å²) in [5, 5.41) is 1.91.